The maximum absolute atomic E-state index is 10.9. The second kappa shape index (κ2) is 3.69. The minimum Gasteiger partial charge on any atom is -0.477 e. The lowest BCUT2D eigenvalue weighted by molar-refractivity contribution is 0.0691. The molecule has 82 valence electrons. The molecule has 16 heavy (non-hydrogen) atoms. The smallest absolute Gasteiger partial charge is 0.354 e. The number of carbonyl (C=O) groups is 1. The van der Waals surface area contributed by atoms with Gasteiger partial charge >= 0.3 is 5.97 Å². The van der Waals surface area contributed by atoms with Crippen LogP contribution in [0, 0.1) is 0 Å². The Labute approximate surface area is 91.9 Å². The van der Waals surface area contributed by atoms with Gasteiger partial charge in [-0.25, -0.2) is 9.78 Å². The van der Waals surface area contributed by atoms with Gasteiger partial charge in [0.05, 0.1) is 11.2 Å². The molecule has 0 fully saturated rings. The molecule has 0 saturated heterocycles. The number of carboxylic acids is 1. The number of pyridine rings is 1. The normalized spacial score (nSPS) is 10.3. The number of nitrogens with two attached hydrogens (primary N) is 1. The Morgan fingerprint density at radius 2 is 2.25 bits per heavy atom. The second-order valence-corrected chi connectivity index (χ2v) is 3.35. The lowest BCUT2D eigenvalue weighted by Crippen LogP contribution is -2.04. The van der Waals surface area contributed by atoms with Crippen LogP contribution in [-0.4, -0.2) is 23.1 Å². The minimum absolute atomic E-state index is 0.0187. The first-order valence-electron chi connectivity index (χ1n) is 4.73. The molecule has 1 heterocycles. The number of rotatable bonds is 2. The molecule has 0 saturated carbocycles. The minimum atomic E-state index is -1.07. The number of para-hydroxylation sites is 1. The summed E-state index contributed by atoms with van der Waals surface area (Å²) >= 11 is 0. The molecule has 0 radical (unpaired) electrons. The first kappa shape index (κ1) is 10.2. The van der Waals surface area contributed by atoms with E-state index >= 15 is 0 Å². The Hall–Kier alpha value is -2.30. The third kappa shape index (κ3) is 1.52. The van der Waals surface area contributed by atoms with Crippen molar-refractivity contribution in [3.05, 3.63) is 30.0 Å². The van der Waals surface area contributed by atoms with Crippen molar-refractivity contribution in [1.82, 2.24) is 4.98 Å². The zero-order valence-electron chi connectivity index (χ0n) is 8.69. The molecular formula is C11H11N3O2. The van der Waals surface area contributed by atoms with Crippen LogP contribution >= 0.6 is 0 Å². The number of fused-ring (bicyclic) bond motifs is 1. The van der Waals surface area contributed by atoms with Crippen LogP contribution in [0.15, 0.2) is 24.3 Å². The zero-order valence-corrected chi connectivity index (χ0v) is 8.69. The summed E-state index contributed by atoms with van der Waals surface area (Å²) in [6.45, 7) is 0. The largest absolute Gasteiger partial charge is 0.477 e. The number of hydrogen-bond acceptors (Lipinski definition) is 4. The predicted octanol–water partition coefficient (Wildman–Crippen LogP) is 1.56. The van der Waals surface area contributed by atoms with Crippen LogP contribution in [0.5, 0.6) is 0 Å². The van der Waals surface area contributed by atoms with Gasteiger partial charge in [0, 0.05) is 18.1 Å². The summed E-state index contributed by atoms with van der Waals surface area (Å²) in [6, 6.07) is 6.83. The number of hydrogen-bond donors (Lipinski definition) is 3. The molecule has 0 unspecified atom stereocenters. The van der Waals surface area contributed by atoms with Gasteiger partial charge < -0.3 is 16.2 Å². The van der Waals surface area contributed by atoms with Gasteiger partial charge in [-0.2, -0.15) is 0 Å². The molecule has 0 atom stereocenters. The Morgan fingerprint density at radius 3 is 2.88 bits per heavy atom. The van der Waals surface area contributed by atoms with Crippen molar-refractivity contribution in [1.29, 1.82) is 0 Å². The lowest BCUT2D eigenvalue weighted by Gasteiger charge is -2.08. The fraction of sp³-hybridized carbons (Fsp3) is 0.0909. The highest BCUT2D eigenvalue weighted by atomic mass is 16.4. The second-order valence-electron chi connectivity index (χ2n) is 3.35. The summed E-state index contributed by atoms with van der Waals surface area (Å²) in [5.74, 6) is -1.07. The van der Waals surface area contributed by atoms with E-state index in [1.807, 2.05) is 6.07 Å². The van der Waals surface area contributed by atoms with E-state index in [9.17, 15) is 4.79 Å². The average Bonchev–Trinajstić information content (AvgIpc) is 2.28. The van der Waals surface area contributed by atoms with Crippen molar-refractivity contribution in [3.8, 4) is 0 Å². The molecule has 4 N–H and O–H groups in total. The van der Waals surface area contributed by atoms with Crippen molar-refractivity contribution in [2.45, 2.75) is 0 Å². The molecule has 5 heteroatoms. The molecule has 0 aliphatic rings. The fourth-order valence-electron chi connectivity index (χ4n) is 1.59. The van der Waals surface area contributed by atoms with Crippen LogP contribution < -0.4 is 11.1 Å². The Kier molecular flexibility index (Phi) is 2.36. The van der Waals surface area contributed by atoms with Crippen molar-refractivity contribution in [2.24, 2.45) is 0 Å². The molecule has 0 aliphatic heterocycles. The highest BCUT2D eigenvalue weighted by molar-refractivity contribution is 6.01. The molecule has 0 spiro atoms. The quantitative estimate of drug-likeness (QED) is 0.664. The van der Waals surface area contributed by atoms with Gasteiger partial charge in [-0.05, 0) is 12.1 Å². The molecule has 2 aromatic rings. The van der Waals surface area contributed by atoms with Gasteiger partial charge in [0.25, 0.3) is 0 Å². The van der Waals surface area contributed by atoms with Gasteiger partial charge in [-0.3, -0.25) is 0 Å². The highest BCUT2D eigenvalue weighted by Crippen LogP contribution is 2.26. The number of nitrogen functional groups attached to an aromatic ring is 1. The van der Waals surface area contributed by atoms with Gasteiger partial charge in [-0.1, -0.05) is 12.1 Å². The number of carboxylic acid groups (broad SMARTS) is 1. The summed E-state index contributed by atoms with van der Waals surface area (Å²) in [4.78, 5) is 14.9. The predicted molar refractivity (Wildman–Crippen MR) is 62.7 cm³/mol. The molecule has 5 nitrogen and oxygen atoms in total. The third-order valence-corrected chi connectivity index (χ3v) is 2.36. The monoisotopic (exact) mass is 217 g/mol. The van der Waals surface area contributed by atoms with Gasteiger partial charge in [0.2, 0.25) is 0 Å². The van der Waals surface area contributed by atoms with E-state index < -0.39 is 5.97 Å². The van der Waals surface area contributed by atoms with E-state index in [1.165, 1.54) is 6.07 Å². The molecule has 0 aliphatic carbocycles. The molecular weight excluding hydrogens is 206 g/mol. The molecule has 1 aromatic heterocycles. The third-order valence-electron chi connectivity index (χ3n) is 2.36. The molecule has 0 bridgehead atoms. The van der Waals surface area contributed by atoms with Crippen LogP contribution in [0.4, 0.5) is 11.4 Å². The Balaban J connectivity index is 2.84. The van der Waals surface area contributed by atoms with E-state index in [0.717, 1.165) is 5.39 Å². The summed E-state index contributed by atoms with van der Waals surface area (Å²) in [6.07, 6.45) is 0. The van der Waals surface area contributed by atoms with Crippen LogP contribution in [0.2, 0.25) is 0 Å². The number of nitrogens with zero attached hydrogens (tertiary/aromatic N) is 1. The SMILES string of the molecule is CNc1cc(C(=O)O)nc2c(N)cccc12. The topological polar surface area (TPSA) is 88.2 Å². The number of aromatic carboxylic acids is 1. The van der Waals surface area contributed by atoms with Crippen molar-refractivity contribution < 1.29 is 9.90 Å². The first-order chi connectivity index (χ1) is 7.63. The van der Waals surface area contributed by atoms with E-state index in [-0.39, 0.29) is 5.69 Å². The Bertz CT molecular complexity index is 566. The van der Waals surface area contributed by atoms with Crippen molar-refractivity contribution in [2.75, 3.05) is 18.1 Å². The highest BCUT2D eigenvalue weighted by Gasteiger charge is 2.11. The molecule has 2 rings (SSSR count). The van der Waals surface area contributed by atoms with Gasteiger partial charge in [0.1, 0.15) is 0 Å². The summed E-state index contributed by atoms with van der Waals surface area (Å²) in [5, 5.41) is 12.7. The summed E-state index contributed by atoms with van der Waals surface area (Å²) < 4.78 is 0. The van der Waals surface area contributed by atoms with Crippen molar-refractivity contribution >= 4 is 28.2 Å². The van der Waals surface area contributed by atoms with E-state index in [4.69, 9.17) is 10.8 Å². The average molecular weight is 217 g/mol. The standard InChI is InChI=1S/C11H11N3O2/c1-13-8-5-9(11(15)16)14-10-6(8)3-2-4-7(10)12/h2-5H,12H2,1H3,(H,13,14)(H,15,16). The number of aromatic nitrogens is 1. The van der Waals surface area contributed by atoms with E-state index in [2.05, 4.69) is 10.3 Å². The van der Waals surface area contributed by atoms with Gasteiger partial charge in [0.15, 0.2) is 5.69 Å². The van der Waals surface area contributed by atoms with Crippen LogP contribution in [0.1, 0.15) is 10.5 Å². The number of nitrogens with one attached hydrogen (secondary N) is 1. The molecule has 0 amide bonds. The van der Waals surface area contributed by atoms with Crippen molar-refractivity contribution in [3.63, 3.8) is 0 Å². The van der Waals surface area contributed by atoms with E-state index in [1.54, 1.807) is 19.2 Å². The first-order valence-corrected chi connectivity index (χ1v) is 4.73. The fourth-order valence-corrected chi connectivity index (χ4v) is 1.59. The van der Waals surface area contributed by atoms with Crippen LogP contribution in [0.25, 0.3) is 10.9 Å². The maximum Gasteiger partial charge on any atom is 0.354 e. The van der Waals surface area contributed by atoms with E-state index in [0.29, 0.717) is 16.9 Å². The van der Waals surface area contributed by atoms with Crippen LogP contribution in [-0.2, 0) is 0 Å². The maximum atomic E-state index is 10.9. The van der Waals surface area contributed by atoms with Gasteiger partial charge in [-0.15, -0.1) is 0 Å². The number of benzene rings is 1. The summed E-state index contributed by atoms with van der Waals surface area (Å²) in [7, 11) is 1.73. The zero-order chi connectivity index (χ0) is 11.7. The summed E-state index contributed by atoms with van der Waals surface area (Å²) in [5.41, 5.74) is 7.43. The lowest BCUT2D eigenvalue weighted by atomic mass is 10.1. The molecule has 1 aromatic carbocycles. The number of anilines is 2. The van der Waals surface area contributed by atoms with Crippen LogP contribution in [0.3, 0.4) is 0 Å². The Morgan fingerprint density at radius 1 is 1.50 bits per heavy atom.